The minimum absolute atomic E-state index is 0.905. The maximum absolute atomic E-state index is 2.33. The zero-order valence-corrected chi connectivity index (χ0v) is 11.4. The topological polar surface area (TPSA) is 0 Å². The molecule has 0 aliphatic heterocycles. The van der Waals surface area contributed by atoms with Crippen molar-refractivity contribution in [1.82, 2.24) is 0 Å². The molecule has 1 unspecified atom stereocenters. The first-order chi connectivity index (χ1) is 6.77. The van der Waals surface area contributed by atoms with Gasteiger partial charge in [0.2, 0.25) is 0 Å². The molecule has 0 amide bonds. The van der Waals surface area contributed by atoms with Gasteiger partial charge in [0.25, 0.3) is 0 Å². The molecule has 0 rings (SSSR count). The lowest BCUT2D eigenvalue weighted by molar-refractivity contribution is 0.551. The van der Waals surface area contributed by atoms with Crippen LogP contribution in [0.5, 0.6) is 0 Å². The van der Waals surface area contributed by atoms with E-state index in [4.69, 9.17) is 0 Å². The molecule has 0 aromatic heterocycles. The molecule has 0 aliphatic rings. The molecule has 0 spiro atoms. The maximum atomic E-state index is 2.33. The van der Waals surface area contributed by atoms with Gasteiger partial charge in [-0.15, -0.1) is 8.58 Å². The monoisotopic (exact) mass is 216 g/mol. The van der Waals surface area contributed by atoms with E-state index in [-0.39, 0.29) is 0 Å². The van der Waals surface area contributed by atoms with Crippen LogP contribution in [0.1, 0.15) is 65.7 Å². The zero-order chi connectivity index (χ0) is 10.6. The molecule has 0 nitrogen and oxygen atoms in total. The Balaban J connectivity index is 2.85. The second kappa shape index (κ2) is 11.5. The summed E-state index contributed by atoms with van der Waals surface area (Å²) in [4.78, 5) is 0. The molecule has 86 valence electrons. The van der Waals surface area contributed by atoms with Gasteiger partial charge in [-0.3, -0.25) is 0 Å². The van der Waals surface area contributed by atoms with Crippen molar-refractivity contribution >= 4 is 8.58 Å². The van der Waals surface area contributed by atoms with Gasteiger partial charge < -0.3 is 0 Å². The summed E-state index contributed by atoms with van der Waals surface area (Å²) in [5.74, 6) is 0.905. The second-order valence-electron chi connectivity index (χ2n) is 4.70. The van der Waals surface area contributed by atoms with Crippen molar-refractivity contribution in [3.8, 4) is 0 Å². The van der Waals surface area contributed by atoms with E-state index in [9.17, 15) is 0 Å². The van der Waals surface area contributed by atoms with E-state index in [0.717, 1.165) is 5.92 Å². The lowest BCUT2D eigenvalue weighted by Crippen LogP contribution is -1.88. The zero-order valence-electron chi connectivity index (χ0n) is 10.4. The first kappa shape index (κ1) is 14.4. The Kier molecular flexibility index (Phi) is 11.9. The van der Waals surface area contributed by atoms with Gasteiger partial charge in [0.1, 0.15) is 0 Å². The summed E-state index contributed by atoms with van der Waals surface area (Å²) in [6, 6.07) is 0. The van der Waals surface area contributed by atoms with Crippen LogP contribution >= 0.6 is 8.58 Å². The Hall–Kier alpha value is 0.430. The Morgan fingerprint density at radius 1 is 0.857 bits per heavy atom. The summed E-state index contributed by atoms with van der Waals surface area (Å²) in [7, 11) is 1.25. The fourth-order valence-corrected chi connectivity index (χ4v) is 2.85. The van der Waals surface area contributed by atoms with Crippen molar-refractivity contribution in [2.75, 3.05) is 12.3 Å². The quantitative estimate of drug-likeness (QED) is 0.353. The van der Waals surface area contributed by atoms with Crippen LogP contribution in [-0.2, 0) is 0 Å². The smallest absolute Gasteiger partial charge is 0.0353 e. The average Bonchev–Trinajstić information content (AvgIpc) is 2.15. The molecule has 0 saturated carbocycles. The third-order valence-corrected chi connectivity index (χ3v) is 4.01. The lowest BCUT2D eigenvalue weighted by Gasteiger charge is -2.04. The van der Waals surface area contributed by atoms with Crippen LogP contribution in [0.4, 0.5) is 0 Å². The highest BCUT2D eigenvalue weighted by atomic mass is 31.1. The Labute approximate surface area is 93.0 Å². The highest BCUT2D eigenvalue weighted by Crippen LogP contribution is 2.17. The Morgan fingerprint density at radius 2 is 1.50 bits per heavy atom. The highest BCUT2D eigenvalue weighted by molar-refractivity contribution is 7.37. The molecule has 0 aromatic carbocycles. The van der Waals surface area contributed by atoms with Crippen LogP contribution in [0.15, 0.2) is 0 Å². The van der Waals surface area contributed by atoms with Crippen molar-refractivity contribution in [1.29, 1.82) is 0 Å². The molecule has 1 atom stereocenters. The molecule has 0 saturated heterocycles. The fourth-order valence-electron chi connectivity index (χ4n) is 1.60. The largest absolute Gasteiger partial charge is 0.122 e. The van der Waals surface area contributed by atoms with Crippen LogP contribution < -0.4 is 0 Å². The van der Waals surface area contributed by atoms with Gasteiger partial charge in [-0.05, 0) is 31.1 Å². The summed E-state index contributed by atoms with van der Waals surface area (Å²) in [6.45, 7) is 6.94. The molecular weight excluding hydrogens is 187 g/mol. The SMILES string of the molecule is CCCCCCPCCCCC(C)C. The molecule has 0 aliphatic carbocycles. The number of rotatable bonds is 10. The Morgan fingerprint density at radius 3 is 2.07 bits per heavy atom. The molecule has 0 heterocycles. The second-order valence-corrected chi connectivity index (χ2v) is 6.20. The number of hydrogen-bond donors (Lipinski definition) is 0. The van der Waals surface area contributed by atoms with E-state index in [0.29, 0.717) is 0 Å². The summed E-state index contributed by atoms with van der Waals surface area (Å²) < 4.78 is 0. The van der Waals surface area contributed by atoms with Crippen molar-refractivity contribution in [3.05, 3.63) is 0 Å². The minimum Gasteiger partial charge on any atom is -0.122 e. The molecule has 0 radical (unpaired) electrons. The first-order valence-corrected chi connectivity index (χ1v) is 7.89. The van der Waals surface area contributed by atoms with Crippen molar-refractivity contribution in [2.24, 2.45) is 5.92 Å². The summed E-state index contributed by atoms with van der Waals surface area (Å²) in [6.07, 6.45) is 13.1. The van der Waals surface area contributed by atoms with E-state index >= 15 is 0 Å². The number of unbranched alkanes of at least 4 members (excludes halogenated alkanes) is 4. The number of hydrogen-bond acceptors (Lipinski definition) is 0. The van der Waals surface area contributed by atoms with Crippen molar-refractivity contribution in [2.45, 2.75) is 65.7 Å². The van der Waals surface area contributed by atoms with E-state index in [1.165, 1.54) is 65.9 Å². The third kappa shape index (κ3) is 12.4. The maximum Gasteiger partial charge on any atom is -0.0353 e. The molecule has 0 aromatic rings. The summed E-state index contributed by atoms with van der Waals surface area (Å²) >= 11 is 0. The molecule has 14 heavy (non-hydrogen) atoms. The predicted octanol–water partition coefficient (Wildman–Crippen LogP) is 5.07. The predicted molar refractivity (Wildman–Crippen MR) is 70.9 cm³/mol. The average molecular weight is 216 g/mol. The van der Waals surface area contributed by atoms with Crippen LogP contribution in [0.25, 0.3) is 0 Å². The minimum atomic E-state index is 0.905. The third-order valence-electron chi connectivity index (χ3n) is 2.59. The van der Waals surface area contributed by atoms with Gasteiger partial charge in [-0.1, -0.05) is 52.9 Å². The molecule has 0 N–H and O–H groups in total. The van der Waals surface area contributed by atoms with Gasteiger partial charge in [-0.2, -0.15) is 0 Å². The molecule has 0 fully saturated rings. The van der Waals surface area contributed by atoms with E-state index in [2.05, 4.69) is 20.8 Å². The fraction of sp³-hybridized carbons (Fsp3) is 1.00. The van der Waals surface area contributed by atoms with Crippen molar-refractivity contribution in [3.63, 3.8) is 0 Å². The van der Waals surface area contributed by atoms with Crippen LogP contribution in [0.2, 0.25) is 0 Å². The standard InChI is InChI=1S/C13H29P/c1-4-5-6-8-11-14-12-9-7-10-13(2)3/h13-14H,4-12H2,1-3H3. The van der Waals surface area contributed by atoms with Crippen LogP contribution in [0.3, 0.4) is 0 Å². The van der Waals surface area contributed by atoms with Crippen LogP contribution in [-0.4, -0.2) is 12.3 Å². The Bertz CT molecular complexity index is 99.4. The summed E-state index contributed by atoms with van der Waals surface area (Å²) in [5, 5.41) is 0. The first-order valence-electron chi connectivity index (χ1n) is 6.48. The lowest BCUT2D eigenvalue weighted by atomic mass is 10.1. The normalized spacial score (nSPS) is 12.0. The van der Waals surface area contributed by atoms with Gasteiger partial charge in [0.15, 0.2) is 0 Å². The van der Waals surface area contributed by atoms with Gasteiger partial charge in [0, 0.05) is 0 Å². The van der Waals surface area contributed by atoms with Gasteiger partial charge in [0.05, 0.1) is 0 Å². The van der Waals surface area contributed by atoms with E-state index in [1.807, 2.05) is 0 Å². The van der Waals surface area contributed by atoms with Crippen molar-refractivity contribution < 1.29 is 0 Å². The van der Waals surface area contributed by atoms with Gasteiger partial charge in [-0.25, -0.2) is 0 Å². The molecule has 1 heteroatoms. The van der Waals surface area contributed by atoms with Crippen LogP contribution in [0, 0.1) is 5.92 Å². The van der Waals surface area contributed by atoms with Gasteiger partial charge >= 0.3 is 0 Å². The molecule has 0 bridgehead atoms. The summed E-state index contributed by atoms with van der Waals surface area (Å²) in [5.41, 5.74) is 0. The molecular formula is C13H29P. The van der Waals surface area contributed by atoms with E-state index < -0.39 is 0 Å². The van der Waals surface area contributed by atoms with E-state index in [1.54, 1.807) is 0 Å². The highest BCUT2D eigenvalue weighted by Gasteiger charge is 1.94.